The van der Waals surface area contributed by atoms with E-state index in [0.29, 0.717) is 30.1 Å². The lowest BCUT2D eigenvalue weighted by Crippen LogP contribution is -2.13. The molecule has 0 aliphatic rings. The lowest BCUT2D eigenvalue weighted by Gasteiger charge is -2.22. The molecule has 0 saturated carbocycles. The largest absolute Gasteiger partial charge is 0.382 e. The number of imidazole rings is 1. The number of rotatable bonds is 9. The summed E-state index contributed by atoms with van der Waals surface area (Å²) < 4.78 is 30.8. The minimum atomic E-state index is -3.29. The average molecular weight is 359 g/mol. The van der Waals surface area contributed by atoms with Crippen molar-refractivity contribution in [3.8, 4) is 0 Å². The van der Waals surface area contributed by atoms with Crippen molar-refractivity contribution in [3.63, 3.8) is 0 Å². The van der Waals surface area contributed by atoms with Crippen molar-refractivity contribution in [2.24, 2.45) is 0 Å². The van der Waals surface area contributed by atoms with Crippen LogP contribution in [0.3, 0.4) is 0 Å². The van der Waals surface area contributed by atoms with Crippen LogP contribution in [0.4, 0.5) is 5.82 Å². The lowest BCUT2D eigenvalue weighted by atomic mass is 10.5. The van der Waals surface area contributed by atoms with E-state index in [9.17, 15) is 4.57 Å². The van der Waals surface area contributed by atoms with Crippen LogP contribution in [0.1, 0.15) is 27.7 Å². The summed E-state index contributed by atoms with van der Waals surface area (Å²) in [5, 5.41) is 0. The molecule has 0 aliphatic carbocycles. The molecular formula is C14H24N5O4P. The Labute approximate surface area is 141 Å². The quantitative estimate of drug-likeness (QED) is 0.536. The van der Waals surface area contributed by atoms with E-state index >= 15 is 0 Å². The summed E-state index contributed by atoms with van der Waals surface area (Å²) in [7, 11) is -3.29. The number of hydrogen-bond acceptors (Lipinski definition) is 8. The van der Waals surface area contributed by atoms with Gasteiger partial charge >= 0.3 is 7.60 Å². The van der Waals surface area contributed by atoms with Crippen molar-refractivity contribution in [3.05, 3.63) is 12.7 Å². The fourth-order valence-corrected chi connectivity index (χ4v) is 3.94. The number of nitrogens with zero attached hydrogens (tertiary/aromatic N) is 4. The highest BCUT2D eigenvalue weighted by Crippen LogP contribution is 2.50. The molecule has 0 radical (unpaired) electrons. The van der Waals surface area contributed by atoms with E-state index < -0.39 is 7.60 Å². The van der Waals surface area contributed by atoms with Crippen molar-refractivity contribution in [1.82, 2.24) is 19.5 Å². The van der Waals surface area contributed by atoms with E-state index in [2.05, 4.69) is 15.0 Å². The topological polar surface area (TPSA) is 114 Å². The van der Waals surface area contributed by atoms with Gasteiger partial charge in [-0.05, 0) is 27.7 Å². The molecule has 24 heavy (non-hydrogen) atoms. The molecule has 2 heterocycles. The number of nitrogens with two attached hydrogens (primary N) is 1. The van der Waals surface area contributed by atoms with Gasteiger partial charge in [0.05, 0.1) is 25.1 Å². The van der Waals surface area contributed by atoms with Crippen LogP contribution in [0.5, 0.6) is 0 Å². The zero-order valence-electron chi connectivity index (χ0n) is 14.4. The van der Waals surface area contributed by atoms with Crippen molar-refractivity contribution in [2.75, 3.05) is 18.7 Å². The van der Waals surface area contributed by atoms with Crippen molar-refractivity contribution >= 4 is 24.6 Å². The second-order valence-electron chi connectivity index (χ2n) is 5.83. The first-order valence-corrected chi connectivity index (χ1v) is 9.48. The van der Waals surface area contributed by atoms with Crippen LogP contribution < -0.4 is 5.73 Å². The Hall–Kier alpha value is -1.54. The van der Waals surface area contributed by atoms with E-state index in [1.54, 1.807) is 38.6 Å². The molecule has 0 spiro atoms. The zero-order valence-corrected chi connectivity index (χ0v) is 15.3. The standard InChI is InChI=1S/C14H24N5O4P/c1-10(2)22-24(20,23-11(3)4)9-21-6-5-19-8-18-12-13(15)16-7-17-14(12)19/h7-8,10-11H,5-6,9H2,1-4H3,(H2,15,16,17)/i8+2. The minimum absolute atomic E-state index is 0.104. The molecule has 0 bridgehead atoms. The Balaban J connectivity index is 1.92. The van der Waals surface area contributed by atoms with Gasteiger partial charge in [0, 0.05) is 6.54 Å². The van der Waals surface area contributed by atoms with Crippen molar-refractivity contribution < 1.29 is 18.3 Å². The summed E-state index contributed by atoms with van der Waals surface area (Å²) in [5.74, 6) is 0.333. The normalized spacial score (nSPS) is 12.6. The van der Waals surface area contributed by atoms with Gasteiger partial charge in [0.25, 0.3) is 0 Å². The molecule has 9 nitrogen and oxygen atoms in total. The summed E-state index contributed by atoms with van der Waals surface area (Å²) in [6.07, 6.45) is 2.48. The maximum atomic E-state index is 12.6. The Bertz CT molecular complexity index is 704. The number of hydrogen-bond donors (Lipinski definition) is 1. The summed E-state index contributed by atoms with van der Waals surface area (Å²) in [6, 6.07) is 0. The molecule has 2 N–H and O–H groups in total. The highest BCUT2D eigenvalue weighted by molar-refractivity contribution is 7.53. The van der Waals surface area contributed by atoms with E-state index in [-0.39, 0.29) is 18.6 Å². The molecule has 0 atom stereocenters. The van der Waals surface area contributed by atoms with Crippen LogP contribution in [0, 0.1) is 0 Å². The second kappa shape index (κ2) is 8.02. The molecule has 0 saturated heterocycles. The van der Waals surface area contributed by atoms with Crippen LogP contribution >= 0.6 is 7.60 Å². The van der Waals surface area contributed by atoms with Gasteiger partial charge in [-0.1, -0.05) is 0 Å². The predicted octanol–water partition coefficient (Wildman–Crippen LogP) is 2.43. The molecule has 134 valence electrons. The van der Waals surface area contributed by atoms with Crippen LogP contribution in [-0.2, 0) is 24.9 Å². The van der Waals surface area contributed by atoms with Crippen LogP contribution in [0.25, 0.3) is 11.2 Å². The highest BCUT2D eigenvalue weighted by Gasteiger charge is 2.28. The van der Waals surface area contributed by atoms with Gasteiger partial charge in [0.1, 0.15) is 18.2 Å². The molecular weight excluding hydrogens is 335 g/mol. The average Bonchev–Trinajstić information content (AvgIpc) is 2.86. The van der Waals surface area contributed by atoms with E-state index in [0.717, 1.165) is 0 Å². The molecule has 10 heteroatoms. The lowest BCUT2D eigenvalue weighted by molar-refractivity contribution is 0.0961. The Kier molecular flexibility index (Phi) is 6.28. The number of fused-ring (bicyclic) bond motifs is 1. The first-order valence-electron chi connectivity index (χ1n) is 7.75. The molecule has 2 aromatic rings. The molecule has 0 unspecified atom stereocenters. The fourth-order valence-electron chi connectivity index (χ4n) is 2.13. The molecule has 0 aliphatic heterocycles. The second-order valence-corrected chi connectivity index (χ2v) is 7.73. The monoisotopic (exact) mass is 359 g/mol. The van der Waals surface area contributed by atoms with Crippen LogP contribution in [0.15, 0.2) is 12.7 Å². The number of aromatic nitrogens is 4. The van der Waals surface area contributed by atoms with Crippen LogP contribution in [-0.4, -0.2) is 44.7 Å². The summed E-state index contributed by atoms with van der Waals surface area (Å²) in [5.41, 5.74) is 6.93. The first-order chi connectivity index (χ1) is 11.3. The summed E-state index contributed by atoms with van der Waals surface area (Å²) in [4.78, 5) is 12.2. The van der Waals surface area contributed by atoms with E-state index in [4.69, 9.17) is 19.5 Å². The van der Waals surface area contributed by atoms with Crippen molar-refractivity contribution in [2.45, 2.75) is 46.4 Å². The highest BCUT2D eigenvalue weighted by atomic mass is 31.2. The summed E-state index contributed by atoms with van der Waals surface area (Å²) in [6.45, 7) is 8.00. The number of nitrogen functional groups attached to an aromatic ring is 1. The van der Waals surface area contributed by atoms with Gasteiger partial charge in [-0.2, -0.15) is 0 Å². The number of anilines is 1. The first kappa shape index (κ1) is 18.8. The van der Waals surface area contributed by atoms with Gasteiger partial charge in [-0.15, -0.1) is 0 Å². The maximum Gasteiger partial charge on any atom is 0.356 e. The van der Waals surface area contributed by atoms with Crippen LogP contribution in [0.2, 0.25) is 0 Å². The Morgan fingerprint density at radius 2 is 1.92 bits per heavy atom. The van der Waals surface area contributed by atoms with Gasteiger partial charge < -0.3 is 24.1 Å². The molecule has 0 aromatic carbocycles. The zero-order chi connectivity index (χ0) is 17.7. The fraction of sp³-hybridized carbons (Fsp3) is 0.643. The van der Waals surface area contributed by atoms with E-state index in [1.165, 1.54) is 6.33 Å². The third-order valence-corrected chi connectivity index (χ3v) is 4.88. The molecule has 2 rings (SSSR count). The molecule has 2 aromatic heterocycles. The van der Waals surface area contributed by atoms with Gasteiger partial charge in [0.15, 0.2) is 11.5 Å². The van der Waals surface area contributed by atoms with Crippen molar-refractivity contribution in [1.29, 1.82) is 0 Å². The SMILES string of the molecule is CC(C)OP(=O)(COCCn1[14cH]nc2c(N)ncnc21)OC(C)C. The van der Waals surface area contributed by atoms with Gasteiger partial charge in [-0.25, -0.2) is 15.0 Å². The maximum absolute atomic E-state index is 12.6. The predicted molar refractivity (Wildman–Crippen MR) is 90.6 cm³/mol. The number of ether oxygens (including phenoxy) is 1. The smallest absolute Gasteiger partial charge is 0.356 e. The minimum Gasteiger partial charge on any atom is -0.382 e. The Morgan fingerprint density at radius 1 is 1.25 bits per heavy atom. The van der Waals surface area contributed by atoms with Gasteiger partial charge in [-0.3, -0.25) is 4.57 Å². The Morgan fingerprint density at radius 3 is 2.54 bits per heavy atom. The third kappa shape index (κ3) is 4.98. The molecule has 0 amide bonds. The van der Waals surface area contributed by atoms with Gasteiger partial charge in [0.2, 0.25) is 0 Å². The molecule has 0 fully saturated rings. The van der Waals surface area contributed by atoms with E-state index in [1.807, 2.05) is 0 Å². The summed E-state index contributed by atoms with van der Waals surface area (Å²) >= 11 is 0. The third-order valence-electron chi connectivity index (χ3n) is 2.90.